The van der Waals surface area contributed by atoms with Crippen molar-refractivity contribution in [3.63, 3.8) is 0 Å². The lowest BCUT2D eigenvalue weighted by molar-refractivity contribution is -0.137. The molecule has 10 heteroatoms. The quantitative estimate of drug-likeness (QED) is 0.378. The van der Waals surface area contributed by atoms with Crippen LogP contribution in [-0.2, 0) is 24.5 Å². The van der Waals surface area contributed by atoms with Gasteiger partial charge in [-0.05, 0) is 30.7 Å². The van der Waals surface area contributed by atoms with Gasteiger partial charge in [0.05, 0.1) is 31.0 Å². The number of aromatic nitrogens is 2. The highest BCUT2D eigenvalue weighted by Crippen LogP contribution is 2.32. The van der Waals surface area contributed by atoms with Crippen LogP contribution in [0.2, 0.25) is 0 Å². The third-order valence-corrected chi connectivity index (χ3v) is 4.60. The highest BCUT2D eigenvalue weighted by molar-refractivity contribution is 14.0. The summed E-state index contributed by atoms with van der Waals surface area (Å²) in [6.07, 6.45) is -3.10. The van der Waals surface area contributed by atoms with Gasteiger partial charge in [0, 0.05) is 26.3 Å². The molecule has 2 heterocycles. The Kier molecular flexibility index (Phi) is 8.32. The summed E-state index contributed by atoms with van der Waals surface area (Å²) >= 11 is 0. The molecule has 0 amide bonds. The van der Waals surface area contributed by atoms with Crippen molar-refractivity contribution in [2.75, 3.05) is 26.2 Å². The molecule has 1 saturated heterocycles. The van der Waals surface area contributed by atoms with Gasteiger partial charge in [0.2, 0.25) is 0 Å². The molecule has 1 aromatic heterocycles. The second-order valence-electron chi connectivity index (χ2n) is 6.54. The molecular weight excluding hydrogens is 498 g/mol. The van der Waals surface area contributed by atoms with Gasteiger partial charge in [-0.2, -0.15) is 18.3 Å². The van der Waals surface area contributed by atoms with Gasteiger partial charge in [0.25, 0.3) is 0 Å². The molecule has 0 spiro atoms. The van der Waals surface area contributed by atoms with Gasteiger partial charge in [0.1, 0.15) is 6.10 Å². The van der Waals surface area contributed by atoms with Crippen LogP contribution < -0.4 is 5.32 Å². The Hall–Kier alpha value is -1.82. The number of alkyl halides is 3. The van der Waals surface area contributed by atoms with E-state index in [0.717, 1.165) is 17.8 Å². The van der Waals surface area contributed by atoms with E-state index in [0.29, 0.717) is 44.3 Å². The molecule has 1 fully saturated rings. The number of ether oxygens (including phenoxy) is 1. The maximum Gasteiger partial charge on any atom is 0.416 e. The van der Waals surface area contributed by atoms with Crippen LogP contribution in [0.15, 0.2) is 41.5 Å². The summed E-state index contributed by atoms with van der Waals surface area (Å²) in [6.45, 7) is 4.59. The highest BCUT2D eigenvalue weighted by atomic mass is 127. The monoisotopic (exact) mass is 523 g/mol. The van der Waals surface area contributed by atoms with Crippen molar-refractivity contribution >= 4 is 29.9 Å². The average molecular weight is 523 g/mol. The molecule has 1 aliphatic heterocycles. The molecule has 1 aromatic carbocycles. The molecular formula is C19H25F3IN5O. The third kappa shape index (κ3) is 6.08. The Labute approximate surface area is 185 Å². The van der Waals surface area contributed by atoms with E-state index in [1.807, 2.05) is 24.9 Å². The molecule has 1 aliphatic rings. The van der Waals surface area contributed by atoms with Gasteiger partial charge in [-0.15, -0.1) is 24.0 Å². The number of nitrogens with one attached hydrogen (secondary N) is 1. The number of aryl methyl sites for hydroxylation is 1. The van der Waals surface area contributed by atoms with Crippen LogP contribution in [-0.4, -0.2) is 46.9 Å². The van der Waals surface area contributed by atoms with Crippen molar-refractivity contribution in [2.24, 2.45) is 12.0 Å². The fourth-order valence-corrected chi connectivity index (χ4v) is 3.10. The molecule has 0 saturated carbocycles. The summed E-state index contributed by atoms with van der Waals surface area (Å²) in [6, 6.07) is 7.22. The Balaban J connectivity index is 0.00000300. The van der Waals surface area contributed by atoms with Crippen LogP contribution >= 0.6 is 24.0 Å². The first-order valence-corrected chi connectivity index (χ1v) is 9.17. The Morgan fingerprint density at radius 3 is 2.79 bits per heavy atom. The van der Waals surface area contributed by atoms with Gasteiger partial charge in [-0.1, -0.05) is 12.1 Å². The normalized spacial score (nSPS) is 17.8. The zero-order valence-corrected chi connectivity index (χ0v) is 18.6. The van der Waals surface area contributed by atoms with Crippen molar-refractivity contribution in [3.8, 4) is 0 Å². The Bertz CT molecular complexity index is 824. The standard InChI is InChI=1S/C19H24F3N5O.HI/c1-3-23-18(24-12-16-7-8-25-26(16)2)27-9-10-28-17(13-27)14-5-4-6-15(11-14)19(20,21)22;/h4-8,11,17H,3,9-10,12-13H2,1-2H3,(H,23,24);1H. The first kappa shape index (κ1) is 23.5. The van der Waals surface area contributed by atoms with Crippen LogP contribution in [0, 0.1) is 0 Å². The predicted molar refractivity (Wildman–Crippen MR) is 115 cm³/mol. The molecule has 29 heavy (non-hydrogen) atoms. The van der Waals surface area contributed by atoms with Crippen LogP contribution in [0.3, 0.4) is 0 Å². The first-order chi connectivity index (χ1) is 13.4. The van der Waals surface area contributed by atoms with E-state index in [9.17, 15) is 13.2 Å². The summed E-state index contributed by atoms with van der Waals surface area (Å²) in [7, 11) is 1.86. The molecule has 0 aliphatic carbocycles. The van der Waals surface area contributed by atoms with E-state index < -0.39 is 17.8 Å². The molecule has 1 N–H and O–H groups in total. The van der Waals surface area contributed by atoms with Crippen molar-refractivity contribution in [1.82, 2.24) is 20.0 Å². The van der Waals surface area contributed by atoms with Crippen LogP contribution in [0.25, 0.3) is 0 Å². The highest BCUT2D eigenvalue weighted by Gasteiger charge is 2.32. The minimum absolute atomic E-state index is 0. The number of rotatable bonds is 4. The van der Waals surface area contributed by atoms with E-state index in [1.54, 1.807) is 16.9 Å². The van der Waals surface area contributed by atoms with E-state index in [4.69, 9.17) is 4.74 Å². The topological polar surface area (TPSA) is 54.7 Å². The molecule has 1 unspecified atom stereocenters. The minimum atomic E-state index is -4.37. The average Bonchev–Trinajstić information content (AvgIpc) is 3.09. The number of hydrogen-bond donors (Lipinski definition) is 1. The Morgan fingerprint density at radius 1 is 1.34 bits per heavy atom. The van der Waals surface area contributed by atoms with E-state index in [-0.39, 0.29) is 24.0 Å². The van der Waals surface area contributed by atoms with Gasteiger partial charge < -0.3 is 15.0 Å². The van der Waals surface area contributed by atoms with E-state index in [1.165, 1.54) is 6.07 Å². The summed E-state index contributed by atoms with van der Waals surface area (Å²) in [5.41, 5.74) is 0.822. The number of benzene rings is 1. The fourth-order valence-electron chi connectivity index (χ4n) is 3.10. The van der Waals surface area contributed by atoms with Crippen molar-refractivity contribution in [3.05, 3.63) is 53.3 Å². The van der Waals surface area contributed by atoms with Gasteiger partial charge in [-0.3, -0.25) is 4.68 Å². The second-order valence-corrected chi connectivity index (χ2v) is 6.54. The lowest BCUT2D eigenvalue weighted by Crippen LogP contribution is -2.48. The first-order valence-electron chi connectivity index (χ1n) is 9.17. The number of halogens is 4. The lowest BCUT2D eigenvalue weighted by atomic mass is 10.0. The SMILES string of the molecule is CCNC(=NCc1ccnn1C)N1CCOC(c2cccc(C(F)(F)F)c2)C1.I. The zero-order valence-electron chi connectivity index (χ0n) is 16.3. The molecule has 0 bridgehead atoms. The minimum Gasteiger partial charge on any atom is -0.370 e. The molecule has 2 aromatic rings. The van der Waals surface area contributed by atoms with Crippen LogP contribution in [0.1, 0.15) is 29.8 Å². The van der Waals surface area contributed by atoms with Gasteiger partial charge >= 0.3 is 6.18 Å². The summed E-state index contributed by atoms with van der Waals surface area (Å²) < 4.78 is 46.6. The number of guanidine groups is 1. The summed E-state index contributed by atoms with van der Waals surface area (Å²) in [5.74, 6) is 0.712. The van der Waals surface area contributed by atoms with Crippen molar-refractivity contribution < 1.29 is 17.9 Å². The zero-order chi connectivity index (χ0) is 20.1. The fraction of sp³-hybridized carbons (Fsp3) is 0.474. The summed E-state index contributed by atoms with van der Waals surface area (Å²) in [5, 5.41) is 7.39. The van der Waals surface area contributed by atoms with Crippen molar-refractivity contribution in [2.45, 2.75) is 25.7 Å². The second kappa shape index (κ2) is 10.3. The number of morpholine rings is 1. The molecule has 160 valence electrons. The Morgan fingerprint density at radius 2 is 2.14 bits per heavy atom. The summed E-state index contributed by atoms with van der Waals surface area (Å²) in [4.78, 5) is 6.68. The number of nitrogens with zero attached hydrogens (tertiary/aromatic N) is 4. The maximum absolute atomic E-state index is 13.0. The lowest BCUT2D eigenvalue weighted by Gasteiger charge is -2.35. The van der Waals surface area contributed by atoms with E-state index in [2.05, 4.69) is 15.4 Å². The largest absolute Gasteiger partial charge is 0.416 e. The molecule has 3 rings (SSSR count). The van der Waals surface area contributed by atoms with E-state index >= 15 is 0 Å². The third-order valence-electron chi connectivity index (χ3n) is 4.60. The maximum atomic E-state index is 13.0. The van der Waals surface area contributed by atoms with Crippen molar-refractivity contribution in [1.29, 1.82) is 0 Å². The number of aliphatic imine (C=N–C) groups is 1. The predicted octanol–water partition coefficient (Wildman–Crippen LogP) is 3.60. The smallest absolute Gasteiger partial charge is 0.370 e. The van der Waals surface area contributed by atoms with Crippen LogP contribution in [0.5, 0.6) is 0 Å². The van der Waals surface area contributed by atoms with Gasteiger partial charge in [0.15, 0.2) is 5.96 Å². The van der Waals surface area contributed by atoms with Crippen LogP contribution in [0.4, 0.5) is 13.2 Å². The molecule has 6 nitrogen and oxygen atoms in total. The molecule has 1 atom stereocenters. The van der Waals surface area contributed by atoms with Gasteiger partial charge in [-0.25, -0.2) is 4.99 Å². The number of hydrogen-bond acceptors (Lipinski definition) is 3. The molecule has 0 radical (unpaired) electrons.